The number of phenolic OH excluding ortho intramolecular Hbond substituents is 1. The number of hydrogen-bond acceptors (Lipinski definition) is 2. The Labute approximate surface area is 93.5 Å². The van der Waals surface area contributed by atoms with Crippen LogP contribution in [-0.2, 0) is 0 Å². The molecule has 2 nitrogen and oxygen atoms in total. The maximum atomic E-state index is 9.51. The van der Waals surface area contributed by atoms with Crippen LogP contribution in [0.1, 0.15) is 33.3 Å². The van der Waals surface area contributed by atoms with Gasteiger partial charge in [0.15, 0.2) is 0 Å². The average Bonchev–Trinajstić information content (AvgIpc) is 2.28. The molecule has 1 aromatic rings. The molecule has 0 saturated carbocycles. The van der Waals surface area contributed by atoms with E-state index in [9.17, 15) is 5.11 Å². The average molecular weight is 209 g/mol. The first-order valence-electron chi connectivity index (χ1n) is 5.73. The minimum absolute atomic E-state index is 0.379. The molecule has 0 fully saturated rings. The summed E-state index contributed by atoms with van der Waals surface area (Å²) in [4.78, 5) is 2.21. The number of nitrogens with zero attached hydrogens (tertiary/aromatic N) is 1. The van der Waals surface area contributed by atoms with E-state index < -0.39 is 0 Å². The predicted molar refractivity (Wildman–Crippen MR) is 67.8 cm³/mol. The molecule has 0 heterocycles. The van der Waals surface area contributed by atoms with Crippen molar-refractivity contribution in [3.63, 3.8) is 0 Å². The minimum Gasteiger partial charge on any atom is -0.508 e. The van der Waals surface area contributed by atoms with Gasteiger partial charge >= 0.3 is 0 Å². The van der Waals surface area contributed by atoms with Gasteiger partial charge in [0.2, 0.25) is 0 Å². The quantitative estimate of drug-likeness (QED) is 0.822. The summed E-state index contributed by atoms with van der Waals surface area (Å²) < 4.78 is 0. The van der Waals surface area contributed by atoms with Crippen molar-refractivity contribution in [3.05, 3.63) is 23.8 Å². The third kappa shape index (κ3) is 3.82. The number of benzene rings is 1. The standard InChI is InChI=1S/C11H17NO.C2H6/c1-4-12(5-2)10-7-6-9(3)11(13)8-10;1-2/h6-8,13H,4-5H2,1-3H3;1-2H3. The van der Waals surface area contributed by atoms with Gasteiger partial charge in [0.05, 0.1) is 0 Å². The fourth-order valence-corrected chi connectivity index (χ4v) is 1.38. The first-order valence-corrected chi connectivity index (χ1v) is 5.73. The molecule has 0 aliphatic carbocycles. The molecule has 0 atom stereocenters. The van der Waals surface area contributed by atoms with Crippen molar-refractivity contribution in [2.45, 2.75) is 34.6 Å². The van der Waals surface area contributed by atoms with E-state index in [1.165, 1.54) is 0 Å². The van der Waals surface area contributed by atoms with Gasteiger partial charge in [-0.15, -0.1) is 0 Å². The summed E-state index contributed by atoms with van der Waals surface area (Å²) in [6.07, 6.45) is 0. The normalized spacial score (nSPS) is 9.13. The van der Waals surface area contributed by atoms with Crippen LogP contribution in [0.5, 0.6) is 5.75 Å². The smallest absolute Gasteiger partial charge is 0.120 e. The molecule has 0 unspecified atom stereocenters. The van der Waals surface area contributed by atoms with E-state index in [0.29, 0.717) is 5.75 Å². The van der Waals surface area contributed by atoms with Crippen molar-refractivity contribution in [2.24, 2.45) is 0 Å². The van der Waals surface area contributed by atoms with Gasteiger partial charge in [-0.25, -0.2) is 0 Å². The Morgan fingerprint density at radius 3 is 2.07 bits per heavy atom. The van der Waals surface area contributed by atoms with E-state index in [0.717, 1.165) is 24.3 Å². The van der Waals surface area contributed by atoms with Gasteiger partial charge < -0.3 is 10.0 Å². The molecule has 0 aliphatic heterocycles. The summed E-state index contributed by atoms with van der Waals surface area (Å²) in [5, 5.41) is 9.51. The van der Waals surface area contributed by atoms with Crippen molar-refractivity contribution >= 4 is 5.69 Å². The molecule has 0 bridgehead atoms. The molecular formula is C13H23NO. The molecule has 15 heavy (non-hydrogen) atoms. The second kappa shape index (κ2) is 7.16. The third-order valence-corrected chi connectivity index (χ3v) is 2.32. The number of anilines is 1. The number of aromatic hydroxyl groups is 1. The van der Waals surface area contributed by atoms with E-state index in [1.54, 1.807) is 0 Å². The Morgan fingerprint density at radius 1 is 1.13 bits per heavy atom. The van der Waals surface area contributed by atoms with Crippen LogP contribution in [0, 0.1) is 6.92 Å². The van der Waals surface area contributed by atoms with Crippen molar-refractivity contribution in [1.82, 2.24) is 0 Å². The number of aryl methyl sites for hydroxylation is 1. The summed E-state index contributed by atoms with van der Waals surface area (Å²) in [5.74, 6) is 0.379. The molecule has 1 N–H and O–H groups in total. The lowest BCUT2D eigenvalue weighted by Crippen LogP contribution is -2.21. The van der Waals surface area contributed by atoms with E-state index in [4.69, 9.17) is 0 Å². The van der Waals surface area contributed by atoms with E-state index in [1.807, 2.05) is 39.0 Å². The Hall–Kier alpha value is -1.18. The van der Waals surface area contributed by atoms with Crippen LogP contribution in [0.15, 0.2) is 18.2 Å². The van der Waals surface area contributed by atoms with Crippen molar-refractivity contribution in [2.75, 3.05) is 18.0 Å². The fraction of sp³-hybridized carbons (Fsp3) is 0.538. The molecule has 1 rings (SSSR count). The second-order valence-electron chi connectivity index (χ2n) is 3.14. The highest BCUT2D eigenvalue weighted by molar-refractivity contribution is 5.52. The summed E-state index contributed by atoms with van der Waals surface area (Å²) in [6.45, 7) is 12.1. The summed E-state index contributed by atoms with van der Waals surface area (Å²) in [6, 6.07) is 5.81. The van der Waals surface area contributed by atoms with E-state index >= 15 is 0 Å². The zero-order valence-electron chi connectivity index (χ0n) is 10.5. The molecule has 0 amide bonds. The largest absolute Gasteiger partial charge is 0.508 e. The third-order valence-electron chi connectivity index (χ3n) is 2.32. The van der Waals surface area contributed by atoms with Gasteiger partial charge in [-0.1, -0.05) is 19.9 Å². The zero-order chi connectivity index (χ0) is 11.8. The van der Waals surface area contributed by atoms with E-state index in [2.05, 4.69) is 18.7 Å². The van der Waals surface area contributed by atoms with Gasteiger partial charge in [0.25, 0.3) is 0 Å². The lowest BCUT2D eigenvalue weighted by molar-refractivity contribution is 0.471. The van der Waals surface area contributed by atoms with Crippen LogP contribution in [0.4, 0.5) is 5.69 Å². The van der Waals surface area contributed by atoms with Crippen LogP contribution in [0.25, 0.3) is 0 Å². The predicted octanol–water partition coefficient (Wildman–Crippen LogP) is 3.57. The van der Waals surface area contributed by atoms with Crippen LogP contribution in [0.2, 0.25) is 0 Å². The highest BCUT2D eigenvalue weighted by Gasteiger charge is 2.03. The molecule has 0 aliphatic rings. The molecular weight excluding hydrogens is 186 g/mol. The van der Waals surface area contributed by atoms with Crippen LogP contribution in [-0.4, -0.2) is 18.2 Å². The first-order chi connectivity index (χ1) is 7.19. The summed E-state index contributed by atoms with van der Waals surface area (Å²) in [7, 11) is 0. The van der Waals surface area contributed by atoms with Gasteiger partial charge in [0, 0.05) is 24.8 Å². The number of phenols is 1. The molecule has 0 aromatic heterocycles. The second-order valence-corrected chi connectivity index (χ2v) is 3.14. The summed E-state index contributed by atoms with van der Waals surface area (Å²) in [5.41, 5.74) is 2.02. The number of rotatable bonds is 3. The SMILES string of the molecule is CC.CCN(CC)c1ccc(C)c(O)c1. The van der Waals surface area contributed by atoms with E-state index in [-0.39, 0.29) is 0 Å². The van der Waals surface area contributed by atoms with Crippen LogP contribution in [0.3, 0.4) is 0 Å². The monoisotopic (exact) mass is 209 g/mol. The van der Waals surface area contributed by atoms with Crippen molar-refractivity contribution in [1.29, 1.82) is 0 Å². The molecule has 86 valence electrons. The molecule has 0 spiro atoms. The molecule has 0 saturated heterocycles. The number of hydrogen-bond donors (Lipinski definition) is 1. The Kier molecular flexibility index (Phi) is 6.59. The summed E-state index contributed by atoms with van der Waals surface area (Å²) >= 11 is 0. The van der Waals surface area contributed by atoms with Crippen molar-refractivity contribution in [3.8, 4) is 5.75 Å². The van der Waals surface area contributed by atoms with Gasteiger partial charge in [-0.3, -0.25) is 0 Å². The Morgan fingerprint density at radius 2 is 1.67 bits per heavy atom. The van der Waals surface area contributed by atoms with Crippen molar-refractivity contribution < 1.29 is 5.11 Å². The lowest BCUT2D eigenvalue weighted by Gasteiger charge is -2.21. The first kappa shape index (κ1) is 13.8. The highest BCUT2D eigenvalue weighted by Crippen LogP contribution is 2.23. The topological polar surface area (TPSA) is 23.5 Å². The fourth-order valence-electron chi connectivity index (χ4n) is 1.38. The maximum absolute atomic E-state index is 9.51. The highest BCUT2D eigenvalue weighted by atomic mass is 16.3. The zero-order valence-corrected chi connectivity index (χ0v) is 10.5. The van der Waals surface area contributed by atoms with Gasteiger partial charge in [-0.2, -0.15) is 0 Å². The Bertz CT molecular complexity index is 280. The minimum atomic E-state index is 0.379. The molecule has 1 aromatic carbocycles. The lowest BCUT2D eigenvalue weighted by atomic mass is 10.2. The Balaban J connectivity index is 0.000000921. The van der Waals surface area contributed by atoms with Gasteiger partial charge in [-0.05, 0) is 32.4 Å². The molecule has 2 heteroatoms. The van der Waals surface area contributed by atoms with Crippen LogP contribution < -0.4 is 4.90 Å². The van der Waals surface area contributed by atoms with Crippen LogP contribution >= 0.6 is 0 Å². The van der Waals surface area contributed by atoms with Gasteiger partial charge in [0.1, 0.15) is 5.75 Å². The maximum Gasteiger partial charge on any atom is 0.120 e. The molecule has 0 radical (unpaired) electrons.